The number of hydrogen-bond acceptors (Lipinski definition) is 7. The van der Waals surface area contributed by atoms with Gasteiger partial charge in [-0.1, -0.05) is 6.07 Å². The van der Waals surface area contributed by atoms with Crippen molar-refractivity contribution in [2.45, 2.75) is 32.0 Å². The summed E-state index contributed by atoms with van der Waals surface area (Å²) >= 11 is 0. The molecule has 2 aromatic carbocycles. The van der Waals surface area contributed by atoms with Crippen LogP contribution in [0, 0.1) is 12.7 Å². The summed E-state index contributed by atoms with van der Waals surface area (Å²) in [7, 11) is 1.63. The van der Waals surface area contributed by atoms with E-state index in [-0.39, 0.29) is 19.0 Å². The second kappa shape index (κ2) is 12.2. The first-order valence-electron chi connectivity index (χ1n) is 12.1. The lowest BCUT2D eigenvalue weighted by molar-refractivity contribution is -0.0646. The molecule has 0 radical (unpaired) electrons. The Hall–Kier alpha value is -3.14. The highest BCUT2D eigenvalue weighted by Gasteiger charge is 2.33. The number of benzene rings is 2. The van der Waals surface area contributed by atoms with E-state index in [0.717, 1.165) is 24.4 Å². The minimum Gasteiger partial charge on any atom is -0.493 e. The molecule has 1 aromatic heterocycles. The number of nitrogens with zero attached hydrogens (tertiary/aromatic N) is 3. The molecule has 1 N–H and O–H groups in total. The fourth-order valence-corrected chi connectivity index (χ4v) is 4.22. The summed E-state index contributed by atoms with van der Waals surface area (Å²) in [5.74, 6) is 2.53. The Morgan fingerprint density at radius 1 is 1.14 bits per heavy atom. The Balaban J connectivity index is 1.34. The molecule has 0 unspecified atom stereocenters. The Morgan fingerprint density at radius 2 is 1.97 bits per heavy atom. The summed E-state index contributed by atoms with van der Waals surface area (Å²) < 4.78 is 38.2. The molecule has 3 aromatic rings. The van der Waals surface area contributed by atoms with Crippen molar-refractivity contribution in [2.24, 2.45) is 0 Å². The number of ether oxygens (including phenoxy) is 4. The minimum atomic E-state index is -1.19. The third kappa shape index (κ3) is 7.19. The highest BCUT2D eigenvalue weighted by atomic mass is 19.1. The van der Waals surface area contributed by atoms with Gasteiger partial charge in [0.25, 0.3) is 0 Å². The molecule has 0 spiro atoms. The predicted octanol–water partition coefficient (Wildman–Crippen LogP) is 3.45. The topological polar surface area (TPSA) is 78.2 Å². The Morgan fingerprint density at radius 3 is 2.72 bits per heavy atom. The first kappa shape index (κ1) is 25.9. The molecular formula is C27H34FN3O5. The van der Waals surface area contributed by atoms with Gasteiger partial charge in [-0.3, -0.25) is 4.90 Å². The Bertz CT molecular complexity index is 1110. The van der Waals surface area contributed by atoms with Crippen molar-refractivity contribution in [2.75, 3.05) is 46.6 Å². The first-order valence-corrected chi connectivity index (χ1v) is 12.1. The zero-order chi connectivity index (χ0) is 25.4. The van der Waals surface area contributed by atoms with Crippen LogP contribution in [0.15, 0.2) is 54.9 Å². The molecular weight excluding hydrogens is 465 g/mol. The highest BCUT2D eigenvalue weighted by Crippen LogP contribution is 2.29. The van der Waals surface area contributed by atoms with E-state index in [2.05, 4.69) is 14.5 Å². The van der Waals surface area contributed by atoms with Crippen LogP contribution in [-0.2, 0) is 17.8 Å². The maximum atomic E-state index is 13.2. The largest absolute Gasteiger partial charge is 0.493 e. The molecule has 0 amide bonds. The second-order valence-corrected chi connectivity index (χ2v) is 9.09. The average molecular weight is 500 g/mol. The molecule has 1 fully saturated rings. The molecule has 9 heteroatoms. The quantitative estimate of drug-likeness (QED) is 0.405. The normalized spacial score (nSPS) is 18.6. The molecule has 8 nitrogen and oxygen atoms in total. The summed E-state index contributed by atoms with van der Waals surface area (Å²) in [6, 6.07) is 11.6. The Labute approximate surface area is 211 Å². The van der Waals surface area contributed by atoms with Gasteiger partial charge >= 0.3 is 0 Å². The summed E-state index contributed by atoms with van der Waals surface area (Å²) in [6.45, 7) is 5.74. The van der Waals surface area contributed by atoms with Crippen molar-refractivity contribution in [3.8, 4) is 17.2 Å². The average Bonchev–Trinajstić information content (AvgIpc) is 3.19. The number of imidazole rings is 1. The van der Waals surface area contributed by atoms with Crippen LogP contribution in [0.5, 0.6) is 17.2 Å². The van der Waals surface area contributed by atoms with Gasteiger partial charge < -0.3 is 28.6 Å². The zero-order valence-electron chi connectivity index (χ0n) is 20.9. The van der Waals surface area contributed by atoms with Crippen molar-refractivity contribution >= 4 is 0 Å². The second-order valence-electron chi connectivity index (χ2n) is 9.09. The van der Waals surface area contributed by atoms with E-state index < -0.39 is 5.60 Å². The third-order valence-electron chi connectivity index (χ3n) is 6.12. The molecule has 0 aliphatic carbocycles. The molecule has 1 saturated heterocycles. The molecule has 1 atom stereocenters. The maximum absolute atomic E-state index is 13.2. The molecule has 36 heavy (non-hydrogen) atoms. The monoisotopic (exact) mass is 499 g/mol. The van der Waals surface area contributed by atoms with Crippen molar-refractivity contribution in [1.82, 2.24) is 14.5 Å². The zero-order valence-corrected chi connectivity index (χ0v) is 20.9. The van der Waals surface area contributed by atoms with Gasteiger partial charge in [0.1, 0.15) is 29.6 Å². The third-order valence-corrected chi connectivity index (χ3v) is 6.12. The molecule has 1 aliphatic rings. The van der Waals surface area contributed by atoms with Gasteiger partial charge in [0, 0.05) is 38.6 Å². The van der Waals surface area contributed by atoms with Gasteiger partial charge in [-0.2, -0.15) is 0 Å². The summed E-state index contributed by atoms with van der Waals surface area (Å²) in [5, 5.41) is 11.2. The van der Waals surface area contributed by atoms with Crippen LogP contribution >= 0.6 is 0 Å². The number of β-amino-alcohol motifs (C(OH)–C–C–N with tert-alkyl or cyclic N) is 1. The number of rotatable bonds is 11. The smallest absolute Gasteiger partial charge is 0.161 e. The molecule has 1 aliphatic heterocycles. The van der Waals surface area contributed by atoms with Crippen LogP contribution in [0.4, 0.5) is 4.39 Å². The van der Waals surface area contributed by atoms with E-state index in [0.29, 0.717) is 50.1 Å². The highest BCUT2D eigenvalue weighted by molar-refractivity contribution is 5.43. The van der Waals surface area contributed by atoms with Crippen LogP contribution in [0.2, 0.25) is 0 Å². The van der Waals surface area contributed by atoms with Crippen LogP contribution in [0.3, 0.4) is 0 Å². The van der Waals surface area contributed by atoms with Gasteiger partial charge in [-0.15, -0.1) is 0 Å². The number of halogens is 1. The predicted molar refractivity (Wildman–Crippen MR) is 133 cm³/mol. The van der Waals surface area contributed by atoms with Gasteiger partial charge in [0.05, 0.1) is 26.9 Å². The standard InChI is InChI=1S/C27H34FN3O5/c1-21-29-10-12-31(21)11-3-14-35-26-16-22(4-9-25(26)33-2)17-30-13-15-34-19-27(32,18-30)20-36-24-7-5-23(28)6-8-24/h4-10,12,16,32H,3,11,13-15,17-20H2,1-2H3/t27-/m1/s1. The first-order chi connectivity index (χ1) is 17.4. The van der Waals surface area contributed by atoms with Crippen molar-refractivity contribution in [3.05, 3.63) is 72.1 Å². The maximum Gasteiger partial charge on any atom is 0.161 e. The van der Waals surface area contributed by atoms with Crippen LogP contribution in [0.1, 0.15) is 17.8 Å². The molecule has 194 valence electrons. The van der Waals surface area contributed by atoms with E-state index in [4.69, 9.17) is 18.9 Å². The van der Waals surface area contributed by atoms with Gasteiger partial charge in [-0.25, -0.2) is 9.37 Å². The summed E-state index contributed by atoms with van der Waals surface area (Å²) in [5.41, 5.74) is -0.151. The number of aryl methyl sites for hydroxylation is 2. The molecule has 0 saturated carbocycles. The van der Waals surface area contributed by atoms with E-state index in [1.807, 2.05) is 31.3 Å². The summed E-state index contributed by atoms with van der Waals surface area (Å²) in [4.78, 5) is 6.38. The van der Waals surface area contributed by atoms with Gasteiger partial charge in [0.15, 0.2) is 11.5 Å². The van der Waals surface area contributed by atoms with E-state index in [1.165, 1.54) is 12.1 Å². The lowest BCUT2D eigenvalue weighted by Crippen LogP contribution is -2.48. The number of aromatic nitrogens is 2. The van der Waals surface area contributed by atoms with Crippen LogP contribution in [0.25, 0.3) is 0 Å². The molecule has 4 rings (SSSR count). The lowest BCUT2D eigenvalue weighted by Gasteiger charge is -2.30. The minimum absolute atomic E-state index is 0.0441. The SMILES string of the molecule is COc1ccc(CN2CCOC[C@@](O)(COc3ccc(F)cc3)C2)cc1OCCCn1ccnc1C. The van der Waals surface area contributed by atoms with Crippen LogP contribution < -0.4 is 14.2 Å². The van der Waals surface area contributed by atoms with Gasteiger partial charge in [0.2, 0.25) is 0 Å². The van der Waals surface area contributed by atoms with E-state index in [9.17, 15) is 9.50 Å². The number of hydrogen-bond donors (Lipinski definition) is 1. The Kier molecular flexibility index (Phi) is 8.79. The number of aliphatic hydroxyl groups is 1. The fraction of sp³-hybridized carbons (Fsp3) is 0.444. The molecule has 2 heterocycles. The van der Waals surface area contributed by atoms with Crippen LogP contribution in [-0.4, -0.2) is 71.8 Å². The van der Waals surface area contributed by atoms with Crippen molar-refractivity contribution in [1.29, 1.82) is 0 Å². The van der Waals surface area contributed by atoms with E-state index >= 15 is 0 Å². The fourth-order valence-electron chi connectivity index (χ4n) is 4.22. The van der Waals surface area contributed by atoms with E-state index in [1.54, 1.807) is 25.4 Å². The molecule has 0 bridgehead atoms. The summed E-state index contributed by atoms with van der Waals surface area (Å²) in [6.07, 6.45) is 4.61. The van der Waals surface area contributed by atoms with Crippen molar-refractivity contribution in [3.63, 3.8) is 0 Å². The number of methoxy groups -OCH3 is 1. The van der Waals surface area contributed by atoms with Crippen molar-refractivity contribution < 1.29 is 28.4 Å². The van der Waals surface area contributed by atoms with Gasteiger partial charge in [-0.05, 0) is 55.3 Å². The lowest BCUT2D eigenvalue weighted by atomic mass is 10.1.